The molecule has 0 atom stereocenters. The molecule has 0 amide bonds. The summed E-state index contributed by atoms with van der Waals surface area (Å²) >= 11 is 0. The summed E-state index contributed by atoms with van der Waals surface area (Å²) < 4.78 is 29.8. The van der Waals surface area contributed by atoms with Crippen LogP contribution in [0.3, 0.4) is 0 Å². The van der Waals surface area contributed by atoms with Gasteiger partial charge in [0.05, 0.1) is 7.11 Å². The van der Waals surface area contributed by atoms with Crippen LogP contribution in [0, 0.1) is 11.6 Å². The molecule has 3 nitrogen and oxygen atoms in total. The topological polar surface area (TPSA) is 52.3 Å². The van der Waals surface area contributed by atoms with Crippen LogP contribution in [0.4, 0.5) is 14.5 Å². The fourth-order valence-corrected chi connectivity index (χ4v) is 0.875. The molecule has 0 aliphatic rings. The quantitative estimate of drug-likeness (QED) is 0.583. The molecular formula is C8H8ClF2NO2. The van der Waals surface area contributed by atoms with Gasteiger partial charge >= 0.3 is 5.97 Å². The molecule has 0 bridgehead atoms. The number of carbonyl (C=O) groups is 1. The van der Waals surface area contributed by atoms with Gasteiger partial charge in [-0.15, -0.1) is 12.4 Å². The molecule has 0 saturated heterocycles. The Hall–Kier alpha value is -1.36. The third kappa shape index (κ3) is 2.11. The van der Waals surface area contributed by atoms with Crippen LogP contribution in [-0.2, 0) is 4.74 Å². The van der Waals surface area contributed by atoms with E-state index in [4.69, 9.17) is 5.73 Å². The van der Waals surface area contributed by atoms with E-state index in [9.17, 15) is 13.6 Å². The second kappa shape index (κ2) is 4.76. The minimum Gasteiger partial charge on any atom is -0.465 e. The highest BCUT2D eigenvalue weighted by atomic mass is 35.5. The average molecular weight is 224 g/mol. The number of anilines is 1. The van der Waals surface area contributed by atoms with Crippen LogP contribution in [0.25, 0.3) is 0 Å². The molecule has 0 aliphatic carbocycles. The Balaban J connectivity index is 0.00000169. The number of hydrogen-bond donors (Lipinski definition) is 1. The molecule has 78 valence electrons. The molecule has 0 heterocycles. The Kier molecular flexibility index (Phi) is 4.30. The van der Waals surface area contributed by atoms with Crippen LogP contribution < -0.4 is 5.73 Å². The van der Waals surface area contributed by atoms with Crippen LogP contribution >= 0.6 is 12.4 Å². The second-order valence-electron chi connectivity index (χ2n) is 2.32. The molecule has 14 heavy (non-hydrogen) atoms. The maximum Gasteiger partial charge on any atom is 0.343 e. The minimum absolute atomic E-state index is 0. The van der Waals surface area contributed by atoms with Gasteiger partial charge in [-0.2, -0.15) is 0 Å². The van der Waals surface area contributed by atoms with Crippen molar-refractivity contribution in [3.8, 4) is 0 Å². The van der Waals surface area contributed by atoms with Gasteiger partial charge in [-0.3, -0.25) is 0 Å². The normalized spacial score (nSPS) is 9.07. The lowest BCUT2D eigenvalue weighted by Gasteiger charge is -2.04. The highest BCUT2D eigenvalue weighted by molar-refractivity contribution is 5.95. The maximum absolute atomic E-state index is 12.9. The summed E-state index contributed by atoms with van der Waals surface area (Å²) in [6.07, 6.45) is 0. The molecule has 0 saturated carbocycles. The zero-order valence-electron chi connectivity index (χ0n) is 7.21. The molecule has 0 radical (unpaired) electrons. The molecule has 1 aromatic rings. The van der Waals surface area contributed by atoms with Gasteiger partial charge in [-0.25, -0.2) is 13.6 Å². The van der Waals surface area contributed by atoms with Crippen LogP contribution in [0.1, 0.15) is 10.4 Å². The first-order valence-corrected chi connectivity index (χ1v) is 3.39. The summed E-state index contributed by atoms with van der Waals surface area (Å²) in [5.74, 6) is -3.41. The number of hydrogen-bond acceptors (Lipinski definition) is 3. The van der Waals surface area contributed by atoms with Gasteiger partial charge in [0.25, 0.3) is 0 Å². The van der Waals surface area contributed by atoms with Crippen LogP contribution in [0.2, 0.25) is 0 Å². The summed E-state index contributed by atoms with van der Waals surface area (Å²) in [6.45, 7) is 0. The Morgan fingerprint density at radius 1 is 1.43 bits per heavy atom. The molecule has 6 heteroatoms. The molecule has 2 N–H and O–H groups in total. The Bertz CT molecular complexity index is 357. The minimum atomic E-state index is -1.29. The van der Waals surface area contributed by atoms with Crippen molar-refractivity contribution >= 4 is 24.1 Å². The van der Waals surface area contributed by atoms with Crippen LogP contribution in [0.5, 0.6) is 0 Å². The number of nitrogen functional groups attached to an aromatic ring is 1. The zero-order chi connectivity index (χ0) is 10.0. The van der Waals surface area contributed by atoms with Crippen molar-refractivity contribution in [3.63, 3.8) is 0 Å². The van der Waals surface area contributed by atoms with E-state index in [1.165, 1.54) is 0 Å². The molecule has 0 spiro atoms. The Morgan fingerprint density at radius 3 is 2.50 bits per heavy atom. The summed E-state index contributed by atoms with van der Waals surface area (Å²) in [7, 11) is 1.06. The molecule has 0 fully saturated rings. The van der Waals surface area contributed by atoms with E-state index in [0.717, 1.165) is 19.2 Å². The first-order valence-electron chi connectivity index (χ1n) is 3.39. The van der Waals surface area contributed by atoms with Crippen LogP contribution in [0.15, 0.2) is 12.1 Å². The number of esters is 1. The predicted octanol–water partition coefficient (Wildman–Crippen LogP) is 1.76. The lowest BCUT2D eigenvalue weighted by molar-refractivity contribution is 0.0595. The third-order valence-electron chi connectivity index (χ3n) is 1.52. The average Bonchev–Trinajstić information content (AvgIpc) is 2.12. The SMILES string of the molecule is COC(=O)c1c(N)ccc(F)c1F.Cl. The van der Waals surface area contributed by atoms with Gasteiger partial charge in [0, 0.05) is 5.69 Å². The van der Waals surface area contributed by atoms with Gasteiger partial charge in [0.2, 0.25) is 0 Å². The standard InChI is InChI=1S/C8H7F2NO2.ClH/c1-13-8(12)6-5(11)3-2-4(9)7(6)10;/h2-3H,11H2,1H3;1H. The van der Waals surface area contributed by atoms with Crippen molar-refractivity contribution in [2.75, 3.05) is 12.8 Å². The summed E-state index contributed by atoms with van der Waals surface area (Å²) in [6, 6.07) is 1.95. The van der Waals surface area contributed by atoms with Gasteiger partial charge in [0.1, 0.15) is 5.56 Å². The second-order valence-corrected chi connectivity index (χ2v) is 2.32. The summed E-state index contributed by atoms with van der Waals surface area (Å²) in [5.41, 5.74) is 4.54. The highest BCUT2D eigenvalue weighted by Gasteiger charge is 2.19. The smallest absolute Gasteiger partial charge is 0.343 e. The Labute approximate surface area is 85.3 Å². The van der Waals surface area contributed by atoms with Gasteiger partial charge in [-0.05, 0) is 12.1 Å². The fraction of sp³-hybridized carbons (Fsp3) is 0.125. The monoisotopic (exact) mass is 223 g/mol. The number of nitrogens with two attached hydrogens (primary N) is 1. The third-order valence-corrected chi connectivity index (χ3v) is 1.52. The van der Waals surface area contributed by atoms with Crippen molar-refractivity contribution in [1.82, 2.24) is 0 Å². The van der Waals surface area contributed by atoms with Gasteiger partial charge in [-0.1, -0.05) is 0 Å². The van der Waals surface area contributed by atoms with Crippen molar-refractivity contribution in [1.29, 1.82) is 0 Å². The molecule has 0 aromatic heterocycles. The lowest BCUT2D eigenvalue weighted by Crippen LogP contribution is -2.09. The fourth-order valence-electron chi connectivity index (χ4n) is 0.875. The highest BCUT2D eigenvalue weighted by Crippen LogP contribution is 2.19. The number of rotatable bonds is 1. The molecule has 0 unspecified atom stereocenters. The van der Waals surface area contributed by atoms with Crippen LogP contribution in [-0.4, -0.2) is 13.1 Å². The van der Waals surface area contributed by atoms with Crippen molar-refractivity contribution in [3.05, 3.63) is 29.3 Å². The van der Waals surface area contributed by atoms with E-state index in [-0.39, 0.29) is 18.1 Å². The predicted molar refractivity (Wildman–Crippen MR) is 49.4 cm³/mol. The molecular weight excluding hydrogens is 216 g/mol. The first kappa shape index (κ1) is 12.6. The Morgan fingerprint density at radius 2 is 2.00 bits per heavy atom. The van der Waals surface area contributed by atoms with Crippen molar-refractivity contribution in [2.24, 2.45) is 0 Å². The number of halogens is 3. The van der Waals surface area contributed by atoms with E-state index in [1.807, 2.05) is 0 Å². The first-order chi connectivity index (χ1) is 6.07. The van der Waals surface area contributed by atoms with Crippen molar-refractivity contribution < 1.29 is 18.3 Å². The van der Waals surface area contributed by atoms with E-state index in [2.05, 4.69) is 4.74 Å². The van der Waals surface area contributed by atoms with E-state index in [0.29, 0.717) is 0 Å². The largest absolute Gasteiger partial charge is 0.465 e. The zero-order valence-corrected chi connectivity index (χ0v) is 8.03. The maximum atomic E-state index is 12.9. The van der Waals surface area contributed by atoms with Gasteiger partial charge < -0.3 is 10.5 Å². The molecule has 0 aliphatic heterocycles. The summed E-state index contributed by atoms with van der Waals surface area (Å²) in [4.78, 5) is 10.9. The van der Waals surface area contributed by atoms with Crippen molar-refractivity contribution in [2.45, 2.75) is 0 Å². The number of methoxy groups -OCH3 is 1. The lowest BCUT2D eigenvalue weighted by atomic mass is 10.1. The molecule has 1 rings (SSSR count). The van der Waals surface area contributed by atoms with E-state index in [1.54, 1.807) is 0 Å². The number of benzene rings is 1. The summed E-state index contributed by atoms with van der Waals surface area (Å²) in [5, 5.41) is 0. The number of carbonyl (C=O) groups excluding carboxylic acids is 1. The number of ether oxygens (including phenoxy) is 1. The van der Waals surface area contributed by atoms with Gasteiger partial charge in [0.15, 0.2) is 11.6 Å². The van der Waals surface area contributed by atoms with E-state index < -0.39 is 23.2 Å². The molecule has 1 aromatic carbocycles. The van der Waals surface area contributed by atoms with E-state index >= 15 is 0 Å².